The van der Waals surface area contributed by atoms with Crippen molar-refractivity contribution in [2.24, 2.45) is 5.92 Å². The minimum atomic E-state index is -0.433. The van der Waals surface area contributed by atoms with Crippen LogP contribution in [0.4, 0.5) is 14.5 Å². The molecule has 1 aliphatic rings. The molecule has 0 saturated carbocycles. The van der Waals surface area contributed by atoms with E-state index in [2.05, 4.69) is 19.2 Å². The predicted molar refractivity (Wildman–Crippen MR) is 83.6 cm³/mol. The molecule has 1 saturated heterocycles. The maximum Gasteiger partial charge on any atom is 0.149 e. The Morgan fingerprint density at radius 1 is 1.19 bits per heavy atom. The van der Waals surface area contributed by atoms with Gasteiger partial charge in [-0.25, -0.2) is 8.78 Å². The molecule has 1 fully saturated rings. The van der Waals surface area contributed by atoms with Crippen molar-refractivity contribution in [2.75, 3.05) is 24.5 Å². The highest BCUT2D eigenvalue weighted by atomic mass is 19.1. The molecule has 0 amide bonds. The molecular formula is C17H26F2N2. The number of rotatable bonds is 5. The second kappa shape index (κ2) is 7.74. The first-order valence-corrected chi connectivity index (χ1v) is 8.05. The maximum atomic E-state index is 14.3. The van der Waals surface area contributed by atoms with Crippen LogP contribution in [0.15, 0.2) is 12.1 Å². The molecule has 0 aromatic heterocycles. The summed E-state index contributed by atoms with van der Waals surface area (Å²) in [5.41, 5.74) is 0.828. The first kappa shape index (κ1) is 16.2. The van der Waals surface area contributed by atoms with Crippen molar-refractivity contribution < 1.29 is 8.78 Å². The van der Waals surface area contributed by atoms with Crippen LogP contribution in [-0.4, -0.2) is 19.6 Å². The first-order chi connectivity index (χ1) is 10.1. The summed E-state index contributed by atoms with van der Waals surface area (Å²) in [7, 11) is 0. The van der Waals surface area contributed by atoms with E-state index in [1.165, 1.54) is 12.1 Å². The van der Waals surface area contributed by atoms with Crippen molar-refractivity contribution in [3.05, 3.63) is 29.3 Å². The topological polar surface area (TPSA) is 15.3 Å². The molecular weight excluding hydrogens is 270 g/mol. The summed E-state index contributed by atoms with van der Waals surface area (Å²) in [4.78, 5) is 1.87. The Hall–Kier alpha value is -1.16. The van der Waals surface area contributed by atoms with Crippen LogP contribution in [0.25, 0.3) is 0 Å². The number of hydrogen-bond donors (Lipinski definition) is 1. The van der Waals surface area contributed by atoms with Crippen molar-refractivity contribution in [1.82, 2.24) is 5.32 Å². The molecule has 2 rings (SSSR count). The second-order valence-corrected chi connectivity index (χ2v) is 6.11. The van der Waals surface area contributed by atoms with Crippen LogP contribution in [0, 0.1) is 17.6 Å². The van der Waals surface area contributed by atoms with Crippen LogP contribution < -0.4 is 10.2 Å². The third kappa shape index (κ3) is 4.40. The smallest absolute Gasteiger partial charge is 0.149 e. The van der Waals surface area contributed by atoms with E-state index in [9.17, 15) is 8.78 Å². The molecule has 4 heteroatoms. The van der Waals surface area contributed by atoms with E-state index in [-0.39, 0.29) is 5.69 Å². The minimum Gasteiger partial charge on any atom is -0.367 e. The number of nitrogens with zero attached hydrogens (tertiary/aromatic N) is 1. The normalized spacial score (nSPS) is 19.6. The Kier molecular flexibility index (Phi) is 5.97. The Balaban J connectivity index is 2.12. The molecule has 1 unspecified atom stereocenters. The summed E-state index contributed by atoms with van der Waals surface area (Å²) < 4.78 is 28.7. The summed E-state index contributed by atoms with van der Waals surface area (Å²) in [6.45, 7) is 7.12. The molecule has 118 valence electrons. The Bertz CT molecular complexity index is 439. The van der Waals surface area contributed by atoms with Gasteiger partial charge in [0.2, 0.25) is 0 Å². The van der Waals surface area contributed by atoms with Crippen LogP contribution in [0.3, 0.4) is 0 Å². The number of benzene rings is 1. The zero-order valence-electron chi connectivity index (χ0n) is 13.1. The molecule has 0 aliphatic carbocycles. The molecule has 1 atom stereocenters. The summed E-state index contributed by atoms with van der Waals surface area (Å²) in [6, 6.07) is 2.94. The highest BCUT2D eigenvalue weighted by molar-refractivity contribution is 5.51. The van der Waals surface area contributed by atoms with Gasteiger partial charge in [0.15, 0.2) is 0 Å². The van der Waals surface area contributed by atoms with Crippen LogP contribution >= 0.6 is 0 Å². The van der Waals surface area contributed by atoms with Crippen LogP contribution in [-0.2, 0) is 6.54 Å². The highest BCUT2D eigenvalue weighted by Gasteiger charge is 2.21. The van der Waals surface area contributed by atoms with Gasteiger partial charge in [0.1, 0.15) is 17.3 Å². The van der Waals surface area contributed by atoms with Gasteiger partial charge in [-0.3, -0.25) is 0 Å². The maximum absolute atomic E-state index is 14.3. The minimum absolute atomic E-state index is 0.156. The summed E-state index contributed by atoms with van der Waals surface area (Å²) in [5.74, 6) is -0.227. The average Bonchev–Trinajstić information content (AvgIpc) is 2.64. The average molecular weight is 296 g/mol. The largest absolute Gasteiger partial charge is 0.367 e. The third-order valence-electron chi connectivity index (χ3n) is 4.17. The van der Waals surface area contributed by atoms with E-state index < -0.39 is 11.6 Å². The standard InChI is InChI=1S/C17H26F2N2/c1-3-7-20-12-14-10-15(18)17(16(19)11-14)21-8-4-5-13(2)6-9-21/h10-11,13,20H,3-9,12H2,1-2H3. The molecule has 1 N–H and O–H groups in total. The van der Waals surface area contributed by atoms with Crippen molar-refractivity contribution >= 4 is 5.69 Å². The molecule has 2 nitrogen and oxygen atoms in total. The molecule has 0 spiro atoms. The van der Waals surface area contributed by atoms with E-state index in [0.29, 0.717) is 18.0 Å². The Labute approximate surface area is 126 Å². The van der Waals surface area contributed by atoms with Gasteiger partial charge in [0.05, 0.1) is 0 Å². The SMILES string of the molecule is CCCNCc1cc(F)c(N2CCCC(C)CC2)c(F)c1. The van der Waals surface area contributed by atoms with E-state index in [4.69, 9.17) is 0 Å². The summed E-state index contributed by atoms with van der Waals surface area (Å²) in [6.07, 6.45) is 4.15. The molecule has 1 aliphatic heterocycles. The number of nitrogens with one attached hydrogen (secondary N) is 1. The Morgan fingerprint density at radius 3 is 2.57 bits per heavy atom. The molecule has 0 bridgehead atoms. The van der Waals surface area contributed by atoms with Gasteiger partial charge in [-0.2, -0.15) is 0 Å². The van der Waals surface area contributed by atoms with Gasteiger partial charge in [-0.1, -0.05) is 13.8 Å². The van der Waals surface area contributed by atoms with Crippen LogP contribution in [0.1, 0.15) is 45.1 Å². The zero-order chi connectivity index (χ0) is 15.2. The van der Waals surface area contributed by atoms with E-state index >= 15 is 0 Å². The van der Waals surface area contributed by atoms with Crippen molar-refractivity contribution in [2.45, 2.75) is 46.1 Å². The van der Waals surface area contributed by atoms with Gasteiger partial charge < -0.3 is 10.2 Å². The highest BCUT2D eigenvalue weighted by Crippen LogP contribution is 2.28. The number of anilines is 1. The quantitative estimate of drug-likeness (QED) is 0.823. The summed E-state index contributed by atoms with van der Waals surface area (Å²) >= 11 is 0. The van der Waals surface area contributed by atoms with Crippen LogP contribution in [0.5, 0.6) is 0 Å². The van der Waals surface area contributed by atoms with Crippen molar-refractivity contribution in [1.29, 1.82) is 0 Å². The third-order valence-corrected chi connectivity index (χ3v) is 4.17. The summed E-state index contributed by atoms with van der Waals surface area (Å²) in [5, 5.41) is 3.17. The molecule has 1 aromatic rings. The molecule has 0 radical (unpaired) electrons. The van der Waals surface area contributed by atoms with Gasteiger partial charge in [-0.05, 0) is 55.8 Å². The lowest BCUT2D eigenvalue weighted by molar-refractivity contribution is 0.519. The molecule has 21 heavy (non-hydrogen) atoms. The number of hydrogen-bond acceptors (Lipinski definition) is 2. The lowest BCUT2D eigenvalue weighted by Gasteiger charge is -2.24. The van der Waals surface area contributed by atoms with E-state index in [1.807, 2.05) is 4.90 Å². The van der Waals surface area contributed by atoms with Gasteiger partial charge in [0, 0.05) is 19.6 Å². The Morgan fingerprint density at radius 2 is 1.90 bits per heavy atom. The second-order valence-electron chi connectivity index (χ2n) is 6.11. The fourth-order valence-corrected chi connectivity index (χ4v) is 2.92. The predicted octanol–water partition coefficient (Wildman–Crippen LogP) is 4.09. The molecule has 1 heterocycles. The van der Waals surface area contributed by atoms with Crippen LogP contribution in [0.2, 0.25) is 0 Å². The van der Waals surface area contributed by atoms with Crippen molar-refractivity contribution in [3.63, 3.8) is 0 Å². The molecule has 1 aromatic carbocycles. The lowest BCUT2D eigenvalue weighted by atomic mass is 10.0. The van der Waals surface area contributed by atoms with E-state index in [1.54, 1.807) is 0 Å². The van der Waals surface area contributed by atoms with Gasteiger partial charge in [0.25, 0.3) is 0 Å². The lowest BCUT2D eigenvalue weighted by Crippen LogP contribution is -2.26. The monoisotopic (exact) mass is 296 g/mol. The van der Waals surface area contributed by atoms with Crippen molar-refractivity contribution in [3.8, 4) is 0 Å². The van der Waals surface area contributed by atoms with Gasteiger partial charge >= 0.3 is 0 Å². The van der Waals surface area contributed by atoms with Gasteiger partial charge in [-0.15, -0.1) is 0 Å². The number of halogens is 2. The van der Waals surface area contributed by atoms with E-state index in [0.717, 1.165) is 45.3 Å². The first-order valence-electron chi connectivity index (χ1n) is 8.05. The fraction of sp³-hybridized carbons (Fsp3) is 0.647. The fourth-order valence-electron chi connectivity index (χ4n) is 2.92. The zero-order valence-corrected chi connectivity index (χ0v) is 13.1.